The van der Waals surface area contributed by atoms with Crippen LogP contribution in [0.2, 0.25) is 0 Å². The lowest BCUT2D eigenvalue weighted by atomic mass is 10.0. The molecule has 0 aromatic rings. The van der Waals surface area contributed by atoms with Gasteiger partial charge in [-0.3, -0.25) is 9.36 Å². The highest BCUT2D eigenvalue weighted by Gasteiger charge is 2.23. The van der Waals surface area contributed by atoms with Crippen LogP contribution in [0.5, 0.6) is 0 Å². The quantitative estimate of drug-likeness (QED) is 0.0272. The van der Waals surface area contributed by atoms with Gasteiger partial charge in [-0.1, -0.05) is 299 Å². The first-order valence-electron chi connectivity index (χ1n) is 33.7. The van der Waals surface area contributed by atoms with E-state index in [0.29, 0.717) is 17.4 Å². The highest BCUT2D eigenvalue weighted by molar-refractivity contribution is 7.45. The molecule has 0 bridgehead atoms. The molecule has 0 aliphatic carbocycles. The number of amides is 1. The van der Waals surface area contributed by atoms with Gasteiger partial charge in [0.25, 0.3) is 7.82 Å². The average Bonchev–Trinajstić information content (AvgIpc) is 3.41. The van der Waals surface area contributed by atoms with E-state index in [1.165, 1.54) is 250 Å². The lowest BCUT2D eigenvalue weighted by molar-refractivity contribution is -0.870. The van der Waals surface area contributed by atoms with Crippen LogP contribution in [0.1, 0.15) is 322 Å². The summed E-state index contributed by atoms with van der Waals surface area (Å²) in [7, 11) is 1.24. The molecule has 9 heteroatoms. The van der Waals surface area contributed by atoms with E-state index in [-0.39, 0.29) is 12.5 Å². The second kappa shape index (κ2) is 59.8. The number of nitrogens with zero attached hydrogens (tertiary/aromatic N) is 1. The van der Waals surface area contributed by atoms with Gasteiger partial charge in [-0.2, -0.15) is 0 Å². The predicted octanol–water partition coefficient (Wildman–Crippen LogP) is 20.6. The molecule has 0 saturated heterocycles. The summed E-state index contributed by atoms with van der Waals surface area (Å²) in [6.45, 7) is 4.64. The summed E-state index contributed by atoms with van der Waals surface area (Å²) in [5, 5.41) is 13.9. The zero-order valence-corrected chi connectivity index (χ0v) is 53.3. The molecule has 458 valence electrons. The molecular formula is C69H131N2O6P. The first-order valence-corrected chi connectivity index (χ1v) is 35.1. The lowest BCUT2D eigenvalue weighted by Crippen LogP contribution is -2.45. The second-order valence-corrected chi connectivity index (χ2v) is 25.6. The van der Waals surface area contributed by atoms with E-state index >= 15 is 0 Å². The minimum absolute atomic E-state index is 0.00957. The summed E-state index contributed by atoms with van der Waals surface area (Å²) < 4.78 is 23.4. The highest BCUT2D eigenvalue weighted by Crippen LogP contribution is 2.38. The Balaban J connectivity index is 3.98. The first-order chi connectivity index (χ1) is 38.0. The Labute approximate surface area is 485 Å². The number of unbranched alkanes of at least 4 members (excludes halogenated alkanes) is 41. The molecule has 3 unspecified atom stereocenters. The van der Waals surface area contributed by atoms with Crippen molar-refractivity contribution in [2.24, 2.45) is 0 Å². The third kappa shape index (κ3) is 61.8. The number of hydrogen-bond acceptors (Lipinski definition) is 6. The third-order valence-corrected chi connectivity index (χ3v) is 16.1. The fourth-order valence-electron chi connectivity index (χ4n) is 9.92. The lowest BCUT2D eigenvalue weighted by Gasteiger charge is -2.29. The Kier molecular flexibility index (Phi) is 58.4. The number of carbonyl (C=O) groups is 1. The van der Waals surface area contributed by atoms with Gasteiger partial charge in [-0.15, -0.1) is 0 Å². The summed E-state index contributed by atoms with van der Waals surface area (Å²) in [6.07, 6.45) is 82.1. The molecule has 0 fully saturated rings. The van der Waals surface area contributed by atoms with Gasteiger partial charge in [0.1, 0.15) is 13.2 Å². The third-order valence-electron chi connectivity index (χ3n) is 15.2. The smallest absolute Gasteiger partial charge is 0.268 e. The van der Waals surface area contributed by atoms with E-state index in [1.807, 2.05) is 27.2 Å². The maximum Gasteiger partial charge on any atom is 0.268 e. The number of aliphatic hydroxyl groups excluding tert-OH is 1. The maximum atomic E-state index is 13.0. The van der Waals surface area contributed by atoms with Crippen LogP contribution in [0.25, 0.3) is 0 Å². The number of aliphatic hydroxyl groups is 1. The SMILES string of the molecule is CCCCCCCCC/C=C/CC/C=C/CC/C=C/C(O)C(COP(=O)([O-])OCC[N+](C)(C)C)NC(=O)CCCCCCCCCCCCCCCCCCC/C=C\C/C=C\CCCCCCCCCCCCCCCCC. The molecule has 0 rings (SSSR count). The molecule has 8 nitrogen and oxygen atoms in total. The van der Waals surface area contributed by atoms with Gasteiger partial charge >= 0.3 is 0 Å². The van der Waals surface area contributed by atoms with Crippen LogP contribution in [0.3, 0.4) is 0 Å². The normalized spacial score (nSPS) is 14.1. The van der Waals surface area contributed by atoms with Crippen molar-refractivity contribution >= 4 is 13.7 Å². The Morgan fingerprint density at radius 1 is 0.449 bits per heavy atom. The zero-order chi connectivity index (χ0) is 57.0. The molecular weight excluding hydrogens is 984 g/mol. The van der Waals surface area contributed by atoms with Gasteiger partial charge in [0.15, 0.2) is 0 Å². The Hall–Kier alpha value is -1.80. The number of hydrogen-bond donors (Lipinski definition) is 2. The van der Waals surface area contributed by atoms with E-state index in [9.17, 15) is 19.4 Å². The van der Waals surface area contributed by atoms with Gasteiger partial charge < -0.3 is 28.8 Å². The molecule has 0 aliphatic rings. The van der Waals surface area contributed by atoms with Crippen LogP contribution in [0, 0.1) is 0 Å². The van der Waals surface area contributed by atoms with Crippen molar-refractivity contribution in [2.45, 2.75) is 334 Å². The van der Waals surface area contributed by atoms with Crippen LogP contribution < -0.4 is 10.2 Å². The molecule has 0 aromatic carbocycles. The molecule has 1 amide bonds. The number of rotatable bonds is 62. The molecule has 78 heavy (non-hydrogen) atoms. The summed E-state index contributed by atoms with van der Waals surface area (Å²) in [4.78, 5) is 25.5. The van der Waals surface area contributed by atoms with E-state index in [2.05, 4.69) is 67.8 Å². The van der Waals surface area contributed by atoms with Crippen molar-refractivity contribution in [3.05, 3.63) is 60.8 Å². The second-order valence-electron chi connectivity index (χ2n) is 24.2. The summed E-state index contributed by atoms with van der Waals surface area (Å²) in [5.41, 5.74) is 0. The standard InChI is InChI=1S/C69H131N2O6P/c1-6-8-10-12-14-16-18-20-22-24-25-26-27-28-29-30-31-32-33-34-35-36-37-38-39-40-41-42-43-44-45-47-49-51-53-55-57-59-61-63-69(73)70-67(66-77-78(74,75)76-65-64-71(3,4)5)68(72)62-60-58-56-54-52-50-48-46-23-21-19-17-15-13-11-9-7-2/h23,31-32,34-35,46,52,54,60,62,67-68,72H,6-22,24-30,33,36-45,47-51,53,55-59,61,63-66H2,1-5H3,(H-,70,73,74,75)/b32-31-,35-34-,46-23+,54-52+,62-60+. The molecule has 3 atom stereocenters. The largest absolute Gasteiger partial charge is 0.756 e. The van der Waals surface area contributed by atoms with Gasteiger partial charge in [0, 0.05) is 6.42 Å². The molecule has 0 spiro atoms. The minimum atomic E-state index is -4.61. The fraction of sp³-hybridized carbons (Fsp3) is 0.841. The van der Waals surface area contributed by atoms with Gasteiger partial charge in [-0.05, 0) is 77.0 Å². The number of likely N-dealkylation sites (N-methyl/N-ethyl adjacent to an activating group) is 1. The molecule has 0 heterocycles. The summed E-state index contributed by atoms with van der Waals surface area (Å²) in [6, 6.07) is -0.911. The van der Waals surface area contributed by atoms with Crippen molar-refractivity contribution in [1.29, 1.82) is 0 Å². The van der Waals surface area contributed by atoms with E-state index in [0.717, 1.165) is 51.4 Å². The molecule has 0 radical (unpaired) electrons. The van der Waals surface area contributed by atoms with Crippen LogP contribution in [0.15, 0.2) is 60.8 Å². The number of quaternary nitrogens is 1. The first kappa shape index (κ1) is 76.2. The van der Waals surface area contributed by atoms with E-state index in [1.54, 1.807) is 6.08 Å². The van der Waals surface area contributed by atoms with Crippen LogP contribution >= 0.6 is 7.82 Å². The van der Waals surface area contributed by atoms with Crippen molar-refractivity contribution in [3.63, 3.8) is 0 Å². The molecule has 0 aromatic heterocycles. The average molecular weight is 1120 g/mol. The number of phosphoric acid groups is 1. The van der Waals surface area contributed by atoms with E-state index < -0.39 is 26.6 Å². The van der Waals surface area contributed by atoms with E-state index in [4.69, 9.17) is 9.05 Å². The predicted molar refractivity (Wildman–Crippen MR) is 339 cm³/mol. The van der Waals surface area contributed by atoms with Crippen LogP contribution in [-0.2, 0) is 18.4 Å². The molecule has 2 N–H and O–H groups in total. The summed E-state index contributed by atoms with van der Waals surface area (Å²) >= 11 is 0. The number of carbonyl (C=O) groups excluding carboxylic acids is 1. The Morgan fingerprint density at radius 3 is 1.12 bits per heavy atom. The number of phosphoric ester groups is 1. The summed E-state index contributed by atoms with van der Waals surface area (Å²) in [5.74, 6) is -0.209. The van der Waals surface area contributed by atoms with Crippen LogP contribution in [0.4, 0.5) is 0 Å². The fourth-order valence-corrected chi connectivity index (χ4v) is 10.6. The van der Waals surface area contributed by atoms with Crippen LogP contribution in [-0.4, -0.2) is 68.5 Å². The Morgan fingerprint density at radius 2 is 0.756 bits per heavy atom. The zero-order valence-electron chi connectivity index (χ0n) is 52.4. The number of nitrogens with one attached hydrogen (secondary N) is 1. The van der Waals surface area contributed by atoms with Gasteiger partial charge in [0.05, 0.1) is 39.9 Å². The number of allylic oxidation sites excluding steroid dienone is 9. The van der Waals surface area contributed by atoms with Gasteiger partial charge in [0.2, 0.25) is 5.91 Å². The van der Waals surface area contributed by atoms with Crippen molar-refractivity contribution in [2.75, 3.05) is 40.9 Å². The highest BCUT2D eigenvalue weighted by atomic mass is 31.2. The topological polar surface area (TPSA) is 108 Å². The molecule has 0 aliphatic heterocycles. The van der Waals surface area contributed by atoms with Gasteiger partial charge in [-0.25, -0.2) is 0 Å². The van der Waals surface area contributed by atoms with Crippen molar-refractivity contribution < 1.29 is 32.9 Å². The minimum Gasteiger partial charge on any atom is -0.756 e. The molecule has 0 saturated carbocycles. The monoisotopic (exact) mass is 1110 g/mol. The van der Waals surface area contributed by atoms with Crippen molar-refractivity contribution in [3.8, 4) is 0 Å². The Bertz CT molecular complexity index is 1450. The maximum absolute atomic E-state index is 13.0. The van der Waals surface area contributed by atoms with Crippen molar-refractivity contribution in [1.82, 2.24) is 5.32 Å².